The average molecular weight is 297 g/mol. The predicted octanol–water partition coefficient (Wildman–Crippen LogP) is 4.03. The van der Waals surface area contributed by atoms with Gasteiger partial charge in [-0.1, -0.05) is 22.0 Å². The van der Waals surface area contributed by atoms with Gasteiger partial charge in [0.25, 0.3) is 0 Å². The number of benzene rings is 1. The van der Waals surface area contributed by atoms with E-state index >= 15 is 0 Å². The van der Waals surface area contributed by atoms with Crippen molar-refractivity contribution in [1.29, 1.82) is 0 Å². The van der Waals surface area contributed by atoms with E-state index in [1.165, 1.54) is 0 Å². The van der Waals surface area contributed by atoms with Gasteiger partial charge in [0.2, 0.25) is 0 Å². The normalized spacial score (nSPS) is 11.5. The number of halogens is 1. The minimum Gasteiger partial charge on any atom is -0.463 e. The standard InChI is InChI=1S/C14H17BrO2/c1-5-17-14(16)11(4)7-12-6-10(3)13(15)8-9(12)2/h6-8H,5H2,1-4H3. The van der Waals surface area contributed by atoms with Crippen LogP contribution in [0.15, 0.2) is 22.2 Å². The highest BCUT2D eigenvalue weighted by Gasteiger charge is 2.06. The Morgan fingerprint density at radius 2 is 2.00 bits per heavy atom. The van der Waals surface area contributed by atoms with Crippen LogP contribution in [0.25, 0.3) is 6.08 Å². The van der Waals surface area contributed by atoms with Gasteiger partial charge in [0, 0.05) is 10.0 Å². The fourth-order valence-corrected chi connectivity index (χ4v) is 1.95. The van der Waals surface area contributed by atoms with Crippen molar-refractivity contribution in [2.75, 3.05) is 6.61 Å². The van der Waals surface area contributed by atoms with Crippen molar-refractivity contribution in [1.82, 2.24) is 0 Å². The Balaban J connectivity index is 3.06. The molecule has 0 unspecified atom stereocenters. The van der Waals surface area contributed by atoms with Gasteiger partial charge in [0.1, 0.15) is 0 Å². The van der Waals surface area contributed by atoms with E-state index in [0.717, 1.165) is 21.2 Å². The number of aryl methyl sites for hydroxylation is 2. The maximum absolute atomic E-state index is 11.5. The Bertz CT molecular complexity index is 462. The first-order valence-electron chi connectivity index (χ1n) is 5.58. The third-order valence-corrected chi connectivity index (χ3v) is 3.37. The highest BCUT2D eigenvalue weighted by Crippen LogP contribution is 2.22. The monoisotopic (exact) mass is 296 g/mol. The molecule has 0 N–H and O–H groups in total. The van der Waals surface area contributed by atoms with Crippen LogP contribution < -0.4 is 0 Å². The first-order valence-corrected chi connectivity index (χ1v) is 6.37. The summed E-state index contributed by atoms with van der Waals surface area (Å²) in [6, 6.07) is 4.11. The van der Waals surface area contributed by atoms with Crippen LogP contribution in [0.5, 0.6) is 0 Å². The maximum Gasteiger partial charge on any atom is 0.333 e. The van der Waals surface area contributed by atoms with Gasteiger partial charge < -0.3 is 4.74 Å². The van der Waals surface area contributed by atoms with Gasteiger partial charge in [-0.2, -0.15) is 0 Å². The van der Waals surface area contributed by atoms with E-state index in [4.69, 9.17) is 4.74 Å². The molecule has 0 amide bonds. The number of ether oxygens (including phenoxy) is 1. The number of rotatable bonds is 3. The molecule has 3 heteroatoms. The summed E-state index contributed by atoms with van der Waals surface area (Å²) in [5.41, 5.74) is 3.96. The van der Waals surface area contributed by atoms with E-state index in [1.54, 1.807) is 13.8 Å². The fourth-order valence-electron chi connectivity index (χ4n) is 1.50. The number of hydrogen-bond donors (Lipinski definition) is 0. The molecule has 0 saturated heterocycles. The van der Waals surface area contributed by atoms with E-state index in [2.05, 4.69) is 28.1 Å². The molecule has 0 bridgehead atoms. The van der Waals surface area contributed by atoms with Crippen LogP contribution in [0.1, 0.15) is 30.5 Å². The van der Waals surface area contributed by atoms with Gasteiger partial charge in [-0.15, -0.1) is 0 Å². The zero-order valence-corrected chi connectivity index (χ0v) is 12.2. The van der Waals surface area contributed by atoms with E-state index < -0.39 is 0 Å². The summed E-state index contributed by atoms with van der Waals surface area (Å²) >= 11 is 3.49. The molecule has 0 spiro atoms. The average Bonchev–Trinajstić information content (AvgIpc) is 2.26. The smallest absolute Gasteiger partial charge is 0.333 e. The topological polar surface area (TPSA) is 26.3 Å². The zero-order valence-electron chi connectivity index (χ0n) is 10.6. The molecule has 1 rings (SSSR count). The largest absolute Gasteiger partial charge is 0.463 e. The van der Waals surface area contributed by atoms with Gasteiger partial charge in [0.05, 0.1) is 6.61 Å². The Morgan fingerprint density at radius 3 is 2.59 bits per heavy atom. The van der Waals surface area contributed by atoms with E-state index in [0.29, 0.717) is 12.2 Å². The molecule has 0 aliphatic carbocycles. The second-order valence-electron chi connectivity index (χ2n) is 4.01. The van der Waals surface area contributed by atoms with Crippen LogP contribution >= 0.6 is 15.9 Å². The summed E-state index contributed by atoms with van der Waals surface area (Å²) in [5, 5.41) is 0. The lowest BCUT2D eigenvalue weighted by atomic mass is 10.0. The summed E-state index contributed by atoms with van der Waals surface area (Å²) in [6.07, 6.45) is 1.87. The van der Waals surface area contributed by atoms with Crippen molar-refractivity contribution in [3.05, 3.63) is 38.9 Å². The SMILES string of the molecule is CCOC(=O)C(C)=Cc1cc(C)c(Br)cc1C. The molecular formula is C14H17BrO2. The molecular weight excluding hydrogens is 280 g/mol. The molecule has 0 saturated carbocycles. The first kappa shape index (κ1) is 14.0. The molecule has 0 heterocycles. The highest BCUT2D eigenvalue weighted by atomic mass is 79.9. The molecule has 0 fully saturated rings. The third kappa shape index (κ3) is 3.70. The summed E-state index contributed by atoms with van der Waals surface area (Å²) in [4.78, 5) is 11.5. The van der Waals surface area contributed by atoms with Crippen LogP contribution in [0, 0.1) is 13.8 Å². The zero-order chi connectivity index (χ0) is 13.0. The molecule has 0 atom stereocenters. The van der Waals surface area contributed by atoms with Gasteiger partial charge in [0.15, 0.2) is 0 Å². The Labute approximate surface area is 111 Å². The third-order valence-electron chi connectivity index (χ3n) is 2.52. The van der Waals surface area contributed by atoms with Crippen molar-refractivity contribution in [3.63, 3.8) is 0 Å². The number of esters is 1. The number of hydrogen-bond acceptors (Lipinski definition) is 2. The van der Waals surface area contributed by atoms with Crippen molar-refractivity contribution in [2.45, 2.75) is 27.7 Å². The van der Waals surface area contributed by atoms with Gasteiger partial charge in [-0.05, 0) is 56.5 Å². The lowest BCUT2D eigenvalue weighted by Crippen LogP contribution is -2.05. The lowest BCUT2D eigenvalue weighted by molar-refractivity contribution is -0.138. The number of carbonyl (C=O) groups is 1. The minimum absolute atomic E-state index is 0.257. The summed E-state index contributed by atoms with van der Waals surface area (Å²) < 4.78 is 6.04. The van der Waals surface area contributed by atoms with Crippen LogP contribution in [0.2, 0.25) is 0 Å². The van der Waals surface area contributed by atoms with Crippen molar-refractivity contribution in [3.8, 4) is 0 Å². The van der Waals surface area contributed by atoms with E-state index in [-0.39, 0.29) is 5.97 Å². The minimum atomic E-state index is -0.257. The number of carbonyl (C=O) groups excluding carboxylic acids is 1. The van der Waals surface area contributed by atoms with Crippen molar-refractivity contribution >= 4 is 28.0 Å². The lowest BCUT2D eigenvalue weighted by Gasteiger charge is -2.07. The molecule has 0 aliphatic heterocycles. The molecule has 92 valence electrons. The fraction of sp³-hybridized carbons (Fsp3) is 0.357. The molecule has 1 aromatic carbocycles. The Morgan fingerprint density at radius 1 is 1.35 bits per heavy atom. The van der Waals surface area contributed by atoms with Gasteiger partial charge in [-0.3, -0.25) is 0 Å². The van der Waals surface area contributed by atoms with Crippen LogP contribution in [0.3, 0.4) is 0 Å². The summed E-state index contributed by atoms with van der Waals surface area (Å²) in [5.74, 6) is -0.257. The molecule has 0 aliphatic rings. The van der Waals surface area contributed by atoms with Crippen molar-refractivity contribution in [2.24, 2.45) is 0 Å². The predicted molar refractivity (Wildman–Crippen MR) is 73.9 cm³/mol. The molecule has 0 aromatic heterocycles. The summed E-state index contributed by atoms with van der Waals surface area (Å²) in [7, 11) is 0. The van der Waals surface area contributed by atoms with Gasteiger partial charge >= 0.3 is 5.97 Å². The summed E-state index contributed by atoms with van der Waals surface area (Å²) in [6.45, 7) is 8.03. The molecule has 1 aromatic rings. The van der Waals surface area contributed by atoms with Crippen LogP contribution in [0.4, 0.5) is 0 Å². The van der Waals surface area contributed by atoms with Crippen LogP contribution in [-0.4, -0.2) is 12.6 Å². The van der Waals surface area contributed by atoms with E-state index in [1.807, 2.05) is 19.9 Å². The Kier molecular flexibility index (Phi) is 4.94. The second-order valence-corrected chi connectivity index (χ2v) is 4.86. The first-order chi connectivity index (χ1) is 7.95. The van der Waals surface area contributed by atoms with Gasteiger partial charge in [-0.25, -0.2) is 4.79 Å². The van der Waals surface area contributed by atoms with Crippen LogP contribution in [-0.2, 0) is 9.53 Å². The second kappa shape index (κ2) is 6.01. The maximum atomic E-state index is 11.5. The van der Waals surface area contributed by atoms with E-state index in [9.17, 15) is 4.79 Å². The molecule has 17 heavy (non-hydrogen) atoms. The van der Waals surface area contributed by atoms with Crippen molar-refractivity contribution < 1.29 is 9.53 Å². The Hall–Kier alpha value is -1.09. The highest BCUT2D eigenvalue weighted by molar-refractivity contribution is 9.10. The quantitative estimate of drug-likeness (QED) is 0.622. The molecule has 2 nitrogen and oxygen atoms in total. The molecule has 0 radical (unpaired) electrons.